The number of rotatable bonds is 4. The molecule has 0 unspecified atom stereocenters. The van der Waals surface area contributed by atoms with Gasteiger partial charge < -0.3 is 14.6 Å². The Kier molecular flexibility index (Phi) is 3.77. The van der Waals surface area contributed by atoms with Crippen LogP contribution in [-0.2, 0) is 6.61 Å². The van der Waals surface area contributed by atoms with E-state index < -0.39 is 0 Å². The smallest absolute Gasteiger partial charge is 0.161 e. The molecule has 0 aromatic heterocycles. The first kappa shape index (κ1) is 10.9. The first-order valence-corrected chi connectivity index (χ1v) is 4.61. The topological polar surface area (TPSA) is 38.7 Å². The third kappa shape index (κ3) is 2.64. The molecular formula is C11H16O3. The summed E-state index contributed by atoms with van der Waals surface area (Å²) in [5.41, 5.74) is 0.818. The lowest BCUT2D eigenvalue weighted by Crippen LogP contribution is -2.06. The van der Waals surface area contributed by atoms with Crippen molar-refractivity contribution in [1.82, 2.24) is 0 Å². The summed E-state index contributed by atoms with van der Waals surface area (Å²) in [4.78, 5) is 0. The molecule has 0 radical (unpaired) electrons. The van der Waals surface area contributed by atoms with Crippen LogP contribution in [0.5, 0.6) is 11.5 Å². The van der Waals surface area contributed by atoms with Gasteiger partial charge in [0.05, 0.1) is 19.8 Å². The highest BCUT2D eigenvalue weighted by atomic mass is 16.5. The average Bonchev–Trinajstić information content (AvgIpc) is 2.17. The zero-order valence-corrected chi connectivity index (χ0v) is 8.78. The predicted molar refractivity (Wildman–Crippen MR) is 54.7 cm³/mol. The molecule has 0 amide bonds. The maximum Gasteiger partial charge on any atom is 0.161 e. The number of methoxy groups -OCH3 is 1. The van der Waals surface area contributed by atoms with Crippen molar-refractivity contribution in [2.75, 3.05) is 7.11 Å². The summed E-state index contributed by atoms with van der Waals surface area (Å²) < 4.78 is 10.7. The fourth-order valence-electron chi connectivity index (χ4n) is 1.16. The van der Waals surface area contributed by atoms with E-state index in [0.717, 1.165) is 5.56 Å². The molecule has 1 N–H and O–H groups in total. The highest BCUT2D eigenvalue weighted by molar-refractivity contribution is 5.42. The molecule has 0 heterocycles. The van der Waals surface area contributed by atoms with Crippen LogP contribution in [0.1, 0.15) is 19.4 Å². The Labute approximate surface area is 84.3 Å². The van der Waals surface area contributed by atoms with E-state index in [1.807, 2.05) is 26.0 Å². The second-order valence-corrected chi connectivity index (χ2v) is 3.31. The Morgan fingerprint density at radius 2 is 2.00 bits per heavy atom. The van der Waals surface area contributed by atoms with E-state index >= 15 is 0 Å². The predicted octanol–water partition coefficient (Wildman–Crippen LogP) is 1.97. The quantitative estimate of drug-likeness (QED) is 0.800. The van der Waals surface area contributed by atoms with Crippen LogP contribution < -0.4 is 9.47 Å². The van der Waals surface area contributed by atoms with Gasteiger partial charge in [0.25, 0.3) is 0 Å². The van der Waals surface area contributed by atoms with Crippen molar-refractivity contribution >= 4 is 0 Å². The lowest BCUT2D eigenvalue weighted by molar-refractivity contribution is 0.229. The first-order chi connectivity index (χ1) is 6.67. The minimum Gasteiger partial charge on any atom is -0.493 e. The molecular weight excluding hydrogens is 180 g/mol. The van der Waals surface area contributed by atoms with Gasteiger partial charge in [-0.3, -0.25) is 0 Å². The lowest BCUT2D eigenvalue weighted by atomic mass is 10.2. The molecule has 3 heteroatoms. The fourth-order valence-corrected chi connectivity index (χ4v) is 1.16. The van der Waals surface area contributed by atoms with E-state index in [1.54, 1.807) is 13.2 Å². The summed E-state index contributed by atoms with van der Waals surface area (Å²) in [6, 6.07) is 5.41. The van der Waals surface area contributed by atoms with Crippen LogP contribution in [0.4, 0.5) is 0 Å². The van der Waals surface area contributed by atoms with Crippen molar-refractivity contribution in [1.29, 1.82) is 0 Å². The molecule has 0 atom stereocenters. The summed E-state index contributed by atoms with van der Waals surface area (Å²) in [7, 11) is 1.59. The number of hydrogen-bond acceptors (Lipinski definition) is 3. The average molecular weight is 196 g/mol. The Bertz CT molecular complexity index is 295. The molecule has 0 aliphatic carbocycles. The molecule has 0 aliphatic rings. The highest BCUT2D eigenvalue weighted by Crippen LogP contribution is 2.28. The normalized spacial score (nSPS) is 10.4. The number of hydrogen-bond donors (Lipinski definition) is 1. The second-order valence-electron chi connectivity index (χ2n) is 3.31. The molecule has 0 aliphatic heterocycles. The fraction of sp³-hybridized carbons (Fsp3) is 0.455. The standard InChI is InChI=1S/C11H16O3/c1-8(2)14-10-5-4-9(7-12)6-11(10)13-3/h4-6,8,12H,7H2,1-3H3. The first-order valence-electron chi connectivity index (χ1n) is 4.61. The van der Waals surface area contributed by atoms with Crippen molar-refractivity contribution in [3.63, 3.8) is 0 Å². The van der Waals surface area contributed by atoms with E-state index in [0.29, 0.717) is 11.5 Å². The number of aliphatic hydroxyl groups excluding tert-OH is 1. The molecule has 78 valence electrons. The summed E-state index contributed by atoms with van der Waals surface area (Å²) in [6.07, 6.45) is 0.115. The molecule has 0 saturated carbocycles. The molecule has 14 heavy (non-hydrogen) atoms. The van der Waals surface area contributed by atoms with Crippen LogP contribution in [-0.4, -0.2) is 18.3 Å². The van der Waals surface area contributed by atoms with Crippen molar-refractivity contribution in [3.8, 4) is 11.5 Å². The van der Waals surface area contributed by atoms with Gasteiger partial charge in [-0.05, 0) is 31.5 Å². The van der Waals surface area contributed by atoms with Gasteiger partial charge >= 0.3 is 0 Å². The van der Waals surface area contributed by atoms with E-state index in [1.165, 1.54) is 0 Å². The monoisotopic (exact) mass is 196 g/mol. The molecule has 3 nitrogen and oxygen atoms in total. The van der Waals surface area contributed by atoms with Crippen LogP contribution in [0.25, 0.3) is 0 Å². The second kappa shape index (κ2) is 4.86. The van der Waals surface area contributed by atoms with Crippen LogP contribution in [0.2, 0.25) is 0 Å². The van der Waals surface area contributed by atoms with Gasteiger partial charge in [-0.15, -0.1) is 0 Å². The van der Waals surface area contributed by atoms with Crippen LogP contribution >= 0.6 is 0 Å². The molecule has 0 fully saturated rings. The van der Waals surface area contributed by atoms with Crippen molar-refractivity contribution in [2.24, 2.45) is 0 Å². The highest BCUT2D eigenvalue weighted by Gasteiger charge is 2.06. The Balaban J connectivity index is 2.93. The molecule has 0 bridgehead atoms. The SMILES string of the molecule is COc1cc(CO)ccc1OC(C)C. The third-order valence-electron chi connectivity index (χ3n) is 1.77. The zero-order chi connectivity index (χ0) is 10.6. The Morgan fingerprint density at radius 1 is 1.29 bits per heavy atom. The summed E-state index contributed by atoms with van der Waals surface area (Å²) in [5.74, 6) is 1.37. The van der Waals surface area contributed by atoms with Crippen molar-refractivity contribution in [3.05, 3.63) is 23.8 Å². The molecule has 1 rings (SSSR count). The Hall–Kier alpha value is -1.22. The van der Waals surface area contributed by atoms with Gasteiger partial charge in [0.2, 0.25) is 0 Å². The summed E-state index contributed by atoms with van der Waals surface area (Å²) in [5, 5.41) is 8.93. The minimum absolute atomic E-state index is 0.0122. The van der Waals surface area contributed by atoms with Crippen molar-refractivity contribution < 1.29 is 14.6 Å². The molecule has 0 saturated heterocycles. The van der Waals surface area contributed by atoms with E-state index in [-0.39, 0.29) is 12.7 Å². The van der Waals surface area contributed by atoms with Crippen LogP contribution in [0.15, 0.2) is 18.2 Å². The molecule has 1 aromatic carbocycles. The van der Waals surface area contributed by atoms with E-state index in [4.69, 9.17) is 14.6 Å². The molecule has 1 aromatic rings. The van der Waals surface area contributed by atoms with Crippen LogP contribution in [0.3, 0.4) is 0 Å². The largest absolute Gasteiger partial charge is 0.493 e. The van der Waals surface area contributed by atoms with Gasteiger partial charge in [-0.25, -0.2) is 0 Å². The Morgan fingerprint density at radius 3 is 2.50 bits per heavy atom. The van der Waals surface area contributed by atoms with Gasteiger partial charge in [-0.1, -0.05) is 6.07 Å². The van der Waals surface area contributed by atoms with Gasteiger partial charge in [0.1, 0.15) is 0 Å². The summed E-state index contributed by atoms with van der Waals surface area (Å²) >= 11 is 0. The van der Waals surface area contributed by atoms with Crippen LogP contribution in [0, 0.1) is 0 Å². The number of ether oxygens (including phenoxy) is 2. The van der Waals surface area contributed by atoms with E-state index in [9.17, 15) is 0 Å². The minimum atomic E-state index is 0.0122. The van der Waals surface area contributed by atoms with Gasteiger partial charge in [0, 0.05) is 0 Å². The molecule has 0 spiro atoms. The maximum atomic E-state index is 8.93. The number of aliphatic hydroxyl groups is 1. The third-order valence-corrected chi connectivity index (χ3v) is 1.77. The summed E-state index contributed by atoms with van der Waals surface area (Å²) in [6.45, 7) is 3.93. The number of benzene rings is 1. The maximum absolute atomic E-state index is 8.93. The zero-order valence-electron chi connectivity index (χ0n) is 8.78. The van der Waals surface area contributed by atoms with Gasteiger partial charge in [0.15, 0.2) is 11.5 Å². The van der Waals surface area contributed by atoms with Crippen molar-refractivity contribution in [2.45, 2.75) is 26.6 Å². The van der Waals surface area contributed by atoms with Gasteiger partial charge in [-0.2, -0.15) is 0 Å². The lowest BCUT2D eigenvalue weighted by Gasteiger charge is -2.13. The van der Waals surface area contributed by atoms with E-state index in [2.05, 4.69) is 0 Å².